The zero-order chi connectivity index (χ0) is 36.5. The monoisotopic (exact) mass is 731 g/mol. The normalized spacial score (nSPS) is 12.4. The van der Waals surface area contributed by atoms with E-state index in [1.807, 2.05) is 0 Å². The molecular weight excluding hydrogens is 708 g/mol. The standard InChI is InChI=1S/C28H23BF15O3Si/c1-4-45-48(46-5-2,47-6-3)10-29(7-11-14(30)20(36)26(42)21(37)15(11)31,8-12-16(32)22(38)27(43)23(39)17(12)33)9-13-18(34)24(40)28(44)25(41)19(13)35/h4-10H2,1-3H3/q-1. The molecule has 0 aliphatic heterocycles. The molecule has 0 fully saturated rings. The summed E-state index contributed by atoms with van der Waals surface area (Å²) in [6.45, 7) is 2.83. The van der Waals surface area contributed by atoms with Crippen LogP contribution in [0.5, 0.6) is 0 Å². The molecule has 48 heavy (non-hydrogen) atoms. The van der Waals surface area contributed by atoms with Crippen molar-refractivity contribution in [1.82, 2.24) is 0 Å². The van der Waals surface area contributed by atoms with Crippen molar-refractivity contribution in [1.29, 1.82) is 0 Å². The van der Waals surface area contributed by atoms with Crippen molar-refractivity contribution in [3.63, 3.8) is 0 Å². The lowest BCUT2D eigenvalue weighted by atomic mass is 9.19. The van der Waals surface area contributed by atoms with E-state index in [0.29, 0.717) is 0 Å². The quantitative estimate of drug-likeness (QED) is 0.0722. The van der Waals surface area contributed by atoms with Gasteiger partial charge in [-0.3, -0.25) is 0 Å². The molecule has 266 valence electrons. The number of hydrogen-bond donors (Lipinski definition) is 0. The first-order valence-corrected chi connectivity index (χ1v) is 15.9. The summed E-state index contributed by atoms with van der Waals surface area (Å²) in [6.07, 6.45) is -9.27. The van der Waals surface area contributed by atoms with Crippen molar-refractivity contribution >= 4 is 15.0 Å². The molecule has 0 atom stereocenters. The van der Waals surface area contributed by atoms with Crippen molar-refractivity contribution < 1.29 is 79.1 Å². The maximum Gasteiger partial charge on any atom is 0.464 e. The average molecular weight is 731 g/mol. The lowest BCUT2D eigenvalue weighted by Crippen LogP contribution is -2.58. The Kier molecular flexibility index (Phi) is 12.4. The molecule has 0 unspecified atom stereocenters. The minimum atomic E-state index is -4.60. The van der Waals surface area contributed by atoms with Crippen LogP contribution in [0.4, 0.5) is 65.9 Å². The second-order valence-electron chi connectivity index (χ2n) is 10.7. The molecule has 0 amide bonds. The molecule has 3 rings (SSSR count). The Labute approximate surface area is 263 Å². The minimum Gasteiger partial charge on any atom is -0.376 e. The Morgan fingerprint density at radius 1 is 0.354 bits per heavy atom. The highest BCUT2D eigenvalue weighted by Gasteiger charge is 2.48. The summed E-state index contributed by atoms with van der Waals surface area (Å²) in [7, 11) is -4.60. The Balaban J connectivity index is 2.57. The molecule has 0 spiro atoms. The summed E-state index contributed by atoms with van der Waals surface area (Å²) in [5, 5.41) is 0. The first kappa shape index (κ1) is 39.2. The highest BCUT2D eigenvalue weighted by molar-refractivity contribution is 6.89. The van der Waals surface area contributed by atoms with Gasteiger partial charge in [-0.25, -0.2) is 65.9 Å². The van der Waals surface area contributed by atoms with E-state index in [0.717, 1.165) is 0 Å². The number of rotatable bonds is 14. The van der Waals surface area contributed by atoms with Crippen molar-refractivity contribution in [2.24, 2.45) is 0 Å². The summed E-state index contributed by atoms with van der Waals surface area (Å²) >= 11 is 0. The van der Waals surface area contributed by atoms with Gasteiger partial charge in [-0.05, 0) is 37.5 Å². The molecule has 3 aromatic rings. The van der Waals surface area contributed by atoms with Crippen LogP contribution in [0.3, 0.4) is 0 Å². The van der Waals surface area contributed by atoms with Gasteiger partial charge in [-0.15, -0.1) is 24.9 Å². The summed E-state index contributed by atoms with van der Waals surface area (Å²) in [4.78, 5) is 0. The molecule has 0 aliphatic carbocycles. The van der Waals surface area contributed by atoms with Gasteiger partial charge in [-0.2, -0.15) is 0 Å². The first-order valence-electron chi connectivity index (χ1n) is 14.0. The molecule has 0 aromatic heterocycles. The van der Waals surface area contributed by atoms with Gasteiger partial charge in [0.2, 0.25) is 17.5 Å². The van der Waals surface area contributed by atoms with Crippen LogP contribution < -0.4 is 0 Å². The maximum atomic E-state index is 15.1. The molecule has 0 heterocycles. The van der Waals surface area contributed by atoms with E-state index >= 15 is 26.3 Å². The van der Waals surface area contributed by atoms with Gasteiger partial charge in [-0.1, -0.05) is 0 Å². The van der Waals surface area contributed by atoms with Crippen LogP contribution in [0.15, 0.2) is 0 Å². The molecule has 0 saturated heterocycles. The second-order valence-corrected chi connectivity index (χ2v) is 13.3. The van der Waals surface area contributed by atoms with E-state index < -0.39 is 144 Å². The third kappa shape index (κ3) is 7.21. The largest absolute Gasteiger partial charge is 0.464 e. The molecule has 3 aromatic carbocycles. The van der Waals surface area contributed by atoms with Crippen LogP contribution in [0.2, 0.25) is 5.94 Å². The summed E-state index contributed by atoms with van der Waals surface area (Å²) < 4.78 is 236. The molecule has 0 N–H and O–H groups in total. The fraction of sp³-hybridized carbons (Fsp3) is 0.357. The van der Waals surface area contributed by atoms with Crippen LogP contribution in [0.1, 0.15) is 37.5 Å². The zero-order valence-corrected chi connectivity index (χ0v) is 25.9. The van der Waals surface area contributed by atoms with Crippen LogP contribution >= 0.6 is 0 Å². The highest BCUT2D eigenvalue weighted by Crippen LogP contribution is 2.38. The number of hydrogen-bond acceptors (Lipinski definition) is 3. The fourth-order valence-corrected chi connectivity index (χ4v) is 9.13. The van der Waals surface area contributed by atoms with Gasteiger partial charge < -0.3 is 13.3 Å². The fourth-order valence-electron chi connectivity index (χ4n) is 5.71. The first-order chi connectivity index (χ1) is 22.3. The Morgan fingerprint density at radius 3 is 0.729 bits per heavy atom. The van der Waals surface area contributed by atoms with Gasteiger partial charge >= 0.3 is 8.80 Å². The Morgan fingerprint density at radius 2 is 0.542 bits per heavy atom. The molecular formula is C28H23BF15O3Si-. The second kappa shape index (κ2) is 15.1. The maximum absolute atomic E-state index is 15.1. The Bertz CT molecular complexity index is 1430. The van der Waals surface area contributed by atoms with Crippen molar-refractivity contribution in [2.75, 3.05) is 19.8 Å². The molecule has 0 saturated carbocycles. The van der Waals surface area contributed by atoms with Crippen LogP contribution in [0.25, 0.3) is 0 Å². The van der Waals surface area contributed by atoms with E-state index in [-0.39, 0.29) is 19.8 Å². The average Bonchev–Trinajstić information content (AvgIpc) is 3.05. The van der Waals surface area contributed by atoms with E-state index in [9.17, 15) is 39.5 Å². The molecule has 0 bridgehead atoms. The third-order valence-electron chi connectivity index (χ3n) is 7.59. The molecule has 0 aliphatic rings. The topological polar surface area (TPSA) is 27.7 Å². The van der Waals surface area contributed by atoms with Crippen molar-refractivity contribution in [3.8, 4) is 0 Å². The summed E-state index contributed by atoms with van der Waals surface area (Å²) in [5.74, 6) is -40.3. The van der Waals surface area contributed by atoms with Crippen LogP contribution in [-0.2, 0) is 32.2 Å². The molecule has 20 heteroatoms. The number of benzene rings is 3. The van der Waals surface area contributed by atoms with Gasteiger partial charge in [0.25, 0.3) is 0 Å². The number of halogens is 15. The van der Waals surface area contributed by atoms with Crippen LogP contribution in [-0.4, -0.2) is 34.8 Å². The van der Waals surface area contributed by atoms with Gasteiger partial charge in [0.15, 0.2) is 69.8 Å². The van der Waals surface area contributed by atoms with Gasteiger partial charge in [0.1, 0.15) is 0 Å². The lowest BCUT2D eigenvalue weighted by Gasteiger charge is -2.45. The third-order valence-corrected chi connectivity index (χ3v) is 11.1. The Hall–Kier alpha value is -3.23. The highest BCUT2D eigenvalue weighted by atomic mass is 28.4. The smallest absolute Gasteiger partial charge is 0.376 e. The summed E-state index contributed by atoms with van der Waals surface area (Å²) in [6, 6.07) is 0. The lowest BCUT2D eigenvalue weighted by molar-refractivity contribution is 0.0753. The SMILES string of the molecule is CCO[Si](C[B-](Cc1c(F)c(F)c(F)c(F)c1F)(Cc1c(F)c(F)c(F)c(F)c1F)Cc1c(F)c(F)c(F)c(F)c1F)(OCC)OCC. The van der Waals surface area contributed by atoms with Crippen LogP contribution in [0, 0.1) is 87.3 Å². The van der Waals surface area contributed by atoms with E-state index in [1.165, 1.54) is 20.8 Å². The van der Waals surface area contributed by atoms with Gasteiger partial charge in [0, 0.05) is 26.0 Å². The van der Waals surface area contributed by atoms with E-state index in [2.05, 4.69) is 0 Å². The zero-order valence-electron chi connectivity index (χ0n) is 24.9. The predicted octanol–water partition coefficient (Wildman–Crippen LogP) is 8.46. The molecule has 0 radical (unpaired) electrons. The minimum absolute atomic E-state index is 0.369. The predicted molar refractivity (Wildman–Crippen MR) is 141 cm³/mol. The molecule has 3 nitrogen and oxygen atoms in total. The van der Waals surface area contributed by atoms with Crippen molar-refractivity contribution in [3.05, 3.63) is 104 Å². The van der Waals surface area contributed by atoms with E-state index in [1.54, 1.807) is 0 Å². The van der Waals surface area contributed by atoms with Gasteiger partial charge in [0.05, 0.1) is 0 Å². The van der Waals surface area contributed by atoms with Crippen molar-refractivity contribution in [2.45, 2.75) is 45.7 Å². The van der Waals surface area contributed by atoms with E-state index in [4.69, 9.17) is 13.3 Å². The summed E-state index contributed by atoms with van der Waals surface area (Å²) in [5.41, 5.74) is -5.48.